The summed E-state index contributed by atoms with van der Waals surface area (Å²) in [4.78, 5) is 17.8. The van der Waals surface area contributed by atoms with E-state index in [0.29, 0.717) is 21.4 Å². The molecule has 8 heteroatoms. The molecule has 2 N–H and O–H groups in total. The van der Waals surface area contributed by atoms with Gasteiger partial charge in [0, 0.05) is 17.4 Å². The number of ether oxygens (including phenoxy) is 1. The second-order valence-electron chi connectivity index (χ2n) is 8.69. The molecule has 4 aromatic rings. The molecule has 188 valence electrons. The standard InChI is InChI=1S/C29H28N4O2S2/c1-18(2)22-12-7-9-19(3)27(22)33-26(34)17-36-28(31-20-10-8-11-21(15-20)35-4)23(16-30)29-32-24-13-5-6-14-25(24)37-29/h5-15,18,31H,17H2,1-4H3,(H,33,34). The first kappa shape index (κ1) is 26.3. The van der Waals surface area contributed by atoms with Gasteiger partial charge in [-0.15, -0.1) is 11.3 Å². The summed E-state index contributed by atoms with van der Waals surface area (Å²) < 4.78 is 6.35. The lowest BCUT2D eigenvalue weighted by molar-refractivity contribution is -0.113. The second kappa shape index (κ2) is 12.0. The lowest BCUT2D eigenvalue weighted by Crippen LogP contribution is -2.17. The maximum absolute atomic E-state index is 13.1. The van der Waals surface area contributed by atoms with Crippen molar-refractivity contribution in [2.45, 2.75) is 26.7 Å². The van der Waals surface area contributed by atoms with Crippen molar-refractivity contribution in [2.75, 3.05) is 23.5 Å². The van der Waals surface area contributed by atoms with Gasteiger partial charge in [0.1, 0.15) is 22.4 Å². The number of fused-ring (bicyclic) bond motifs is 1. The molecule has 1 heterocycles. The van der Waals surface area contributed by atoms with Crippen molar-refractivity contribution in [1.82, 2.24) is 4.98 Å². The number of thioether (sulfide) groups is 1. The Balaban J connectivity index is 1.65. The van der Waals surface area contributed by atoms with Crippen LogP contribution in [0.1, 0.15) is 35.9 Å². The number of rotatable bonds is 9. The van der Waals surface area contributed by atoms with Gasteiger partial charge in [0.2, 0.25) is 5.91 Å². The Morgan fingerprint density at radius 1 is 1.11 bits per heavy atom. The first-order valence-corrected chi connectivity index (χ1v) is 13.6. The highest BCUT2D eigenvalue weighted by Gasteiger charge is 2.18. The third-order valence-corrected chi connectivity index (χ3v) is 7.77. The molecule has 37 heavy (non-hydrogen) atoms. The first-order valence-electron chi connectivity index (χ1n) is 11.8. The summed E-state index contributed by atoms with van der Waals surface area (Å²) in [5.74, 6) is 0.935. The number of benzene rings is 3. The summed E-state index contributed by atoms with van der Waals surface area (Å²) in [7, 11) is 1.60. The molecule has 0 spiro atoms. The molecule has 0 aliphatic heterocycles. The number of hydrogen-bond donors (Lipinski definition) is 2. The Labute approximate surface area is 225 Å². The van der Waals surface area contributed by atoms with Gasteiger partial charge in [-0.1, -0.05) is 62.0 Å². The number of carbonyl (C=O) groups is 1. The zero-order chi connectivity index (χ0) is 26.4. The van der Waals surface area contributed by atoms with Crippen molar-refractivity contribution in [3.63, 3.8) is 0 Å². The lowest BCUT2D eigenvalue weighted by atomic mass is 9.98. The molecule has 0 aliphatic carbocycles. The number of thiazole rings is 1. The number of anilines is 2. The smallest absolute Gasteiger partial charge is 0.234 e. The van der Waals surface area contributed by atoms with Crippen LogP contribution < -0.4 is 15.4 Å². The van der Waals surface area contributed by atoms with Crippen LogP contribution in [-0.2, 0) is 4.79 Å². The van der Waals surface area contributed by atoms with Gasteiger partial charge >= 0.3 is 0 Å². The van der Waals surface area contributed by atoms with E-state index in [-0.39, 0.29) is 17.6 Å². The Kier molecular flexibility index (Phi) is 8.49. The number of para-hydroxylation sites is 2. The van der Waals surface area contributed by atoms with Crippen molar-refractivity contribution >= 4 is 56.2 Å². The van der Waals surface area contributed by atoms with Crippen LogP contribution in [0, 0.1) is 18.3 Å². The fourth-order valence-corrected chi connectivity index (χ4v) is 5.69. The molecule has 3 aromatic carbocycles. The monoisotopic (exact) mass is 528 g/mol. The number of nitrogens with zero attached hydrogens (tertiary/aromatic N) is 2. The predicted octanol–water partition coefficient (Wildman–Crippen LogP) is 7.41. The minimum Gasteiger partial charge on any atom is -0.497 e. The van der Waals surface area contributed by atoms with Crippen molar-refractivity contribution in [2.24, 2.45) is 0 Å². The van der Waals surface area contributed by atoms with E-state index in [4.69, 9.17) is 4.74 Å². The van der Waals surface area contributed by atoms with E-state index in [1.165, 1.54) is 23.1 Å². The first-order chi connectivity index (χ1) is 17.9. The molecular formula is C29H28N4O2S2. The van der Waals surface area contributed by atoms with E-state index in [2.05, 4.69) is 35.5 Å². The average Bonchev–Trinajstić information content (AvgIpc) is 3.32. The summed E-state index contributed by atoms with van der Waals surface area (Å²) in [6.07, 6.45) is 0. The van der Waals surface area contributed by atoms with Crippen LogP contribution in [0.3, 0.4) is 0 Å². The van der Waals surface area contributed by atoms with Crippen LogP contribution in [0.25, 0.3) is 15.8 Å². The largest absolute Gasteiger partial charge is 0.497 e. The van der Waals surface area contributed by atoms with E-state index < -0.39 is 0 Å². The minimum absolute atomic E-state index is 0.119. The van der Waals surface area contributed by atoms with Gasteiger partial charge in [-0.3, -0.25) is 4.79 Å². The molecular weight excluding hydrogens is 500 g/mol. The summed E-state index contributed by atoms with van der Waals surface area (Å²) in [6.45, 7) is 6.20. The highest BCUT2D eigenvalue weighted by atomic mass is 32.2. The van der Waals surface area contributed by atoms with Crippen molar-refractivity contribution in [1.29, 1.82) is 5.26 Å². The molecule has 4 rings (SSSR count). The lowest BCUT2D eigenvalue weighted by Gasteiger charge is -2.17. The Morgan fingerprint density at radius 3 is 2.62 bits per heavy atom. The zero-order valence-corrected chi connectivity index (χ0v) is 22.8. The van der Waals surface area contributed by atoms with Crippen LogP contribution >= 0.6 is 23.1 Å². The average molecular weight is 529 g/mol. The molecule has 0 atom stereocenters. The normalized spacial score (nSPS) is 11.7. The van der Waals surface area contributed by atoms with E-state index in [1.54, 1.807) is 7.11 Å². The summed E-state index contributed by atoms with van der Waals surface area (Å²) >= 11 is 2.72. The molecule has 0 bridgehead atoms. The summed E-state index contributed by atoms with van der Waals surface area (Å²) in [6, 6.07) is 23.6. The van der Waals surface area contributed by atoms with Gasteiger partial charge in [-0.2, -0.15) is 5.26 Å². The maximum atomic E-state index is 13.1. The van der Waals surface area contributed by atoms with Crippen molar-refractivity contribution in [3.05, 3.63) is 87.9 Å². The van der Waals surface area contributed by atoms with Crippen molar-refractivity contribution in [3.8, 4) is 11.8 Å². The third kappa shape index (κ3) is 6.31. The Bertz CT molecular complexity index is 1470. The number of allylic oxidation sites excluding steroid dienone is 1. The van der Waals surface area contributed by atoms with E-state index in [1.807, 2.05) is 73.7 Å². The number of amides is 1. The second-order valence-corrected chi connectivity index (χ2v) is 10.7. The van der Waals surface area contributed by atoms with E-state index in [0.717, 1.165) is 32.7 Å². The number of methoxy groups -OCH3 is 1. The van der Waals surface area contributed by atoms with Gasteiger partial charge in [0.05, 0.1) is 28.1 Å². The number of nitriles is 1. The van der Waals surface area contributed by atoms with Gasteiger partial charge in [0.15, 0.2) is 0 Å². The Hall–Kier alpha value is -3.80. The van der Waals surface area contributed by atoms with Crippen LogP contribution in [0.15, 0.2) is 71.8 Å². The molecule has 0 aliphatic rings. The van der Waals surface area contributed by atoms with E-state index in [9.17, 15) is 10.1 Å². The summed E-state index contributed by atoms with van der Waals surface area (Å²) in [5.41, 5.74) is 4.93. The van der Waals surface area contributed by atoms with Gasteiger partial charge in [-0.25, -0.2) is 4.98 Å². The van der Waals surface area contributed by atoms with Crippen LogP contribution in [0.5, 0.6) is 5.75 Å². The molecule has 0 fully saturated rings. The fourth-order valence-electron chi connectivity index (χ4n) is 3.83. The van der Waals surface area contributed by atoms with Crippen LogP contribution in [0.2, 0.25) is 0 Å². The number of aromatic nitrogens is 1. The maximum Gasteiger partial charge on any atom is 0.234 e. The number of nitrogens with one attached hydrogen (secondary N) is 2. The molecule has 6 nitrogen and oxygen atoms in total. The van der Waals surface area contributed by atoms with Crippen LogP contribution in [0.4, 0.5) is 11.4 Å². The highest BCUT2D eigenvalue weighted by molar-refractivity contribution is 8.04. The molecule has 0 saturated heterocycles. The molecule has 1 amide bonds. The van der Waals surface area contributed by atoms with Crippen LogP contribution in [-0.4, -0.2) is 23.8 Å². The topological polar surface area (TPSA) is 87.0 Å². The van der Waals surface area contributed by atoms with Gasteiger partial charge in [0.25, 0.3) is 0 Å². The minimum atomic E-state index is -0.146. The quantitative estimate of drug-likeness (QED) is 0.220. The number of hydrogen-bond acceptors (Lipinski definition) is 7. The third-order valence-electron chi connectivity index (χ3n) is 5.71. The number of carbonyl (C=O) groups excluding carboxylic acids is 1. The van der Waals surface area contributed by atoms with Gasteiger partial charge < -0.3 is 15.4 Å². The fraction of sp³-hybridized carbons (Fsp3) is 0.207. The molecule has 0 saturated carbocycles. The predicted molar refractivity (Wildman–Crippen MR) is 155 cm³/mol. The zero-order valence-electron chi connectivity index (χ0n) is 21.2. The summed E-state index contributed by atoms with van der Waals surface area (Å²) in [5, 5.41) is 17.7. The highest BCUT2D eigenvalue weighted by Crippen LogP contribution is 2.34. The van der Waals surface area contributed by atoms with Crippen molar-refractivity contribution < 1.29 is 9.53 Å². The molecule has 1 aromatic heterocycles. The number of aryl methyl sites for hydroxylation is 1. The molecule has 0 unspecified atom stereocenters. The van der Waals surface area contributed by atoms with E-state index >= 15 is 0 Å². The molecule has 0 radical (unpaired) electrons. The Morgan fingerprint density at radius 2 is 1.89 bits per heavy atom. The van der Waals surface area contributed by atoms with Gasteiger partial charge in [-0.05, 0) is 48.2 Å². The SMILES string of the molecule is COc1cccc(NC(SCC(=O)Nc2c(C)cccc2C(C)C)=C(C#N)c2nc3ccccc3s2)c1.